The quantitative estimate of drug-likeness (QED) is 0.0386. The van der Waals surface area contributed by atoms with Crippen molar-refractivity contribution in [2.75, 3.05) is 0 Å². The molecule has 0 aliphatic rings. The molecule has 0 fully saturated rings. The van der Waals surface area contributed by atoms with Crippen LogP contribution in [-0.2, 0) is 57.8 Å². The van der Waals surface area contributed by atoms with Crippen LogP contribution in [0.5, 0.6) is 17.2 Å². The van der Waals surface area contributed by atoms with Crippen molar-refractivity contribution in [3.8, 4) is 17.2 Å². The van der Waals surface area contributed by atoms with Gasteiger partial charge in [0.1, 0.15) is 17.2 Å². The van der Waals surface area contributed by atoms with E-state index in [0.29, 0.717) is 17.2 Å². The van der Waals surface area contributed by atoms with Gasteiger partial charge in [0.05, 0.1) is 0 Å². The molecule has 0 radical (unpaired) electrons. The van der Waals surface area contributed by atoms with E-state index in [4.69, 9.17) is 0 Å². The molecule has 105 heavy (non-hydrogen) atoms. The Hall–Kier alpha value is -3.72. The fourth-order valence-corrected chi connectivity index (χ4v) is 17.6. The Morgan fingerprint density at radius 3 is 0.410 bits per heavy atom. The van der Waals surface area contributed by atoms with Crippen LogP contribution in [0.15, 0.2) is 36.4 Å². The van der Waals surface area contributed by atoms with E-state index in [-0.39, 0.29) is 0 Å². The first kappa shape index (κ1) is 93.7. The molecule has 0 spiro atoms. The highest BCUT2D eigenvalue weighted by Crippen LogP contribution is 2.39. The van der Waals surface area contributed by atoms with Crippen LogP contribution in [0, 0.1) is 20.8 Å². The average molecular weight is 1450 g/mol. The fourth-order valence-electron chi connectivity index (χ4n) is 17.6. The minimum Gasteiger partial charge on any atom is -0.507 e. The molecular formula is C102H174O3. The molecule has 0 amide bonds. The molecule has 0 saturated heterocycles. The molecule has 4 aromatic carbocycles. The van der Waals surface area contributed by atoms with Crippen molar-refractivity contribution in [3.05, 3.63) is 120 Å². The van der Waals surface area contributed by atoms with Crippen molar-refractivity contribution in [1.82, 2.24) is 0 Å². The molecule has 4 aromatic rings. The Morgan fingerprint density at radius 1 is 0.171 bits per heavy atom. The third kappa shape index (κ3) is 41.8. The summed E-state index contributed by atoms with van der Waals surface area (Å²) in [4.78, 5) is 0. The minimum absolute atomic E-state index is 0.577. The van der Waals surface area contributed by atoms with E-state index in [2.05, 4.69) is 98.7 Å². The molecule has 0 unspecified atom stereocenters. The zero-order valence-corrected chi connectivity index (χ0v) is 71.6. The van der Waals surface area contributed by atoms with Gasteiger partial charge in [-0.15, -0.1) is 0 Å². The van der Waals surface area contributed by atoms with Gasteiger partial charge in [-0.05, 0) is 201 Å². The van der Waals surface area contributed by atoms with Crippen molar-refractivity contribution in [3.63, 3.8) is 0 Å². The van der Waals surface area contributed by atoms with Crippen LogP contribution in [0.2, 0.25) is 0 Å². The van der Waals surface area contributed by atoms with Gasteiger partial charge in [0.2, 0.25) is 0 Å². The monoisotopic (exact) mass is 1450 g/mol. The summed E-state index contributed by atoms with van der Waals surface area (Å²) in [5.74, 6) is 1.73. The van der Waals surface area contributed by atoms with E-state index >= 15 is 0 Å². The molecule has 0 aliphatic carbocycles. The Labute approximate surface area is 653 Å². The SMILES string of the molecule is CCCCCCCCCCCCc1cc(Cc2c(C)c(Cc3cc(CCCCCCCCCCCC)c(O)c(CCCCCCCCCCCC)c3)c(C)c(Cc3cc(CCCCCCCCCCCC)c(O)c(CCCCCCCCCCCC)c3)c2C)cc(CCCCCCCCCCCC)c1O. The smallest absolute Gasteiger partial charge is 0.121 e. The summed E-state index contributed by atoms with van der Waals surface area (Å²) in [5.41, 5.74) is 19.7. The molecule has 4 rings (SSSR count). The second-order valence-electron chi connectivity index (χ2n) is 34.2. The molecule has 0 saturated carbocycles. The van der Waals surface area contributed by atoms with Crippen LogP contribution < -0.4 is 0 Å². The molecule has 3 heteroatoms. The standard InChI is InChI=1S/C102H174O3/c1-10-16-22-28-34-40-46-52-58-64-70-91-76-88(77-92(100(91)103)71-65-59-53-47-41-35-29-23-17-11-2)82-97-85(7)98(83-89-78-93(72-66-60-54-48-42-36-30-24-18-12-3)101(104)94(79-89)73-67-61-55-49-43-37-31-25-19-13-4)87(9)99(86(97)8)84-90-80-95(74-68-62-56-50-44-38-32-26-20-14-5)102(105)96(81-90)75-69-63-57-51-45-39-33-27-21-15-6/h76-81,103-105H,10-75,82-84H2,1-9H3. The molecule has 3 N–H and O–H groups in total. The maximum atomic E-state index is 12.4. The van der Waals surface area contributed by atoms with Gasteiger partial charge in [0.25, 0.3) is 0 Å². The zero-order valence-electron chi connectivity index (χ0n) is 71.6. The van der Waals surface area contributed by atoms with Crippen molar-refractivity contribution in [1.29, 1.82) is 0 Å². The van der Waals surface area contributed by atoms with Gasteiger partial charge in [-0.1, -0.05) is 425 Å². The van der Waals surface area contributed by atoms with E-state index in [0.717, 1.165) is 96.3 Å². The lowest BCUT2D eigenvalue weighted by molar-refractivity contribution is 0.456. The van der Waals surface area contributed by atoms with Crippen molar-refractivity contribution < 1.29 is 15.3 Å². The molecule has 0 aliphatic heterocycles. The van der Waals surface area contributed by atoms with Crippen molar-refractivity contribution in [2.24, 2.45) is 0 Å². The summed E-state index contributed by atoms with van der Waals surface area (Å²) in [7, 11) is 0. The molecule has 0 bridgehead atoms. The maximum Gasteiger partial charge on any atom is 0.121 e. The number of hydrogen-bond donors (Lipinski definition) is 3. The number of phenolic OH excluding ortho intramolecular Hbond substituents is 3. The predicted molar refractivity (Wildman–Crippen MR) is 467 cm³/mol. The first-order chi connectivity index (χ1) is 51.5. The maximum absolute atomic E-state index is 12.4. The highest BCUT2D eigenvalue weighted by atomic mass is 16.3. The summed E-state index contributed by atoms with van der Waals surface area (Å²) < 4.78 is 0. The largest absolute Gasteiger partial charge is 0.507 e. The molecular weight excluding hydrogens is 1270 g/mol. The first-order valence-corrected chi connectivity index (χ1v) is 47.1. The summed E-state index contributed by atoms with van der Waals surface area (Å²) in [6.45, 7) is 21.3. The molecule has 3 nitrogen and oxygen atoms in total. The van der Waals surface area contributed by atoms with E-state index in [1.165, 1.54) is 430 Å². The number of rotatable bonds is 72. The van der Waals surface area contributed by atoms with E-state index in [9.17, 15) is 15.3 Å². The number of phenols is 3. The van der Waals surface area contributed by atoms with Gasteiger partial charge in [0.15, 0.2) is 0 Å². The molecule has 0 aromatic heterocycles. The lowest BCUT2D eigenvalue weighted by Gasteiger charge is -2.25. The van der Waals surface area contributed by atoms with E-state index < -0.39 is 0 Å². The minimum atomic E-state index is 0.577. The lowest BCUT2D eigenvalue weighted by atomic mass is 9.80. The summed E-state index contributed by atoms with van der Waals surface area (Å²) >= 11 is 0. The van der Waals surface area contributed by atoms with Crippen LogP contribution in [0.1, 0.15) is 510 Å². The van der Waals surface area contributed by atoms with Crippen LogP contribution >= 0.6 is 0 Å². The van der Waals surface area contributed by atoms with E-state index in [1.54, 1.807) is 0 Å². The second-order valence-corrected chi connectivity index (χ2v) is 34.2. The number of aryl methyl sites for hydroxylation is 6. The van der Waals surface area contributed by atoms with Crippen molar-refractivity contribution >= 4 is 0 Å². The predicted octanol–water partition coefficient (Wildman–Crippen LogP) is 33.3. The van der Waals surface area contributed by atoms with Crippen molar-refractivity contribution in [2.45, 2.75) is 505 Å². The first-order valence-electron chi connectivity index (χ1n) is 47.1. The Balaban J connectivity index is 1.82. The topological polar surface area (TPSA) is 60.7 Å². The van der Waals surface area contributed by atoms with Gasteiger partial charge in [-0.2, -0.15) is 0 Å². The number of aromatic hydroxyl groups is 3. The third-order valence-electron chi connectivity index (χ3n) is 24.6. The third-order valence-corrected chi connectivity index (χ3v) is 24.6. The normalized spacial score (nSPS) is 11.7. The van der Waals surface area contributed by atoms with Gasteiger partial charge in [-0.25, -0.2) is 0 Å². The van der Waals surface area contributed by atoms with Gasteiger partial charge in [0, 0.05) is 0 Å². The van der Waals surface area contributed by atoms with Crippen LogP contribution in [0.25, 0.3) is 0 Å². The van der Waals surface area contributed by atoms with Gasteiger partial charge < -0.3 is 15.3 Å². The fraction of sp³-hybridized carbons (Fsp3) is 0.765. The Bertz CT molecular complexity index is 2290. The number of benzene rings is 4. The molecule has 0 atom stereocenters. The number of hydrogen-bond acceptors (Lipinski definition) is 3. The highest BCUT2D eigenvalue weighted by molar-refractivity contribution is 5.57. The number of unbranched alkanes of at least 4 members (excludes halogenated alkanes) is 54. The summed E-state index contributed by atoms with van der Waals surface area (Å²) in [6.07, 6.45) is 87.1. The molecule has 0 heterocycles. The van der Waals surface area contributed by atoms with E-state index in [1.807, 2.05) is 0 Å². The van der Waals surface area contributed by atoms with Crippen LogP contribution in [0.3, 0.4) is 0 Å². The Kier molecular flexibility index (Phi) is 56.2. The lowest BCUT2D eigenvalue weighted by Crippen LogP contribution is -2.11. The van der Waals surface area contributed by atoms with Crippen LogP contribution in [-0.4, -0.2) is 15.3 Å². The second kappa shape index (κ2) is 63.0. The van der Waals surface area contributed by atoms with Crippen LogP contribution in [0.4, 0.5) is 0 Å². The Morgan fingerprint density at radius 2 is 0.286 bits per heavy atom. The highest BCUT2D eigenvalue weighted by Gasteiger charge is 2.23. The summed E-state index contributed by atoms with van der Waals surface area (Å²) in [6, 6.07) is 14.6. The molecule has 600 valence electrons. The summed E-state index contributed by atoms with van der Waals surface area (Å²) in [5, 5.41) is 37.1. The van der Waals surface area contributed by atoms with Gasteiger partial charge >= 0.3 is 0 Å². The zero-order chi connectivity index (χ0) is 75.4. The average Bonchev–Trinajstić information content (AvgIpc) is 0.766. The van der Waals surface area contributed by atoms with Gasteiger partial charge in [-0.3, -0.25) is 0 Å².